The van der Waals surface area contributed by atoms with Crippen molar-refractivity contribution in [2.75, 3.05) is 6.26 Å². The van der Waals surface area contributed by atoms with Crippen LogP contribution >= 0.6 is 0 Å². The highest BCUT2D eigenvalue weighted by molar-refractivity contribution is 7.90. The Bertz CT molecular complexity index is 517. The van der Waals surface area contributed by atoms with E-state index < -0.39 is 31.9 Å². The molecule has 0 amide bonds. The fourth-order valence-corrected chi connectivity index (χ4v) is 1.51. The third-order valence-electron chi connectivity index (χ3n) is 1.55. The summed E-state index contributed by atoms with van der Waals surface area (Å²) in [7, 11) is -3.63. The van der Waals surface area contributed by atoms with Crippen molar-refractivity contribution < 1.29 is 17.2 Å². The molecule has 0 unspecified atom stereocenters. The van der Waals surface area contributed by atoms with Crippen LogP contribution in [0.3, 0.4) is 0 Å². The van der Waals surface area contributed by atoms with Crippen molar-refractivity contribution >= 4 is 9.84 Å². The molecule has 0 aliphatic heterocycles. The molecule has 6 heteroatoms. The first-order valence-electron chi connectivity index (χ1n) is 3.45. The third-order valence-corrected chi connectivity index (χ3v) is 2.64. The Labute approximate surface area is 79.5 Å². The number of sulfone groups is 1. The van der Waals surface area contributed by atoms with Gasteiger partial charge in [-0.2, -0.15) is 5.26 Å². The predicted molar refractivity (Wildman–Crippen MR) is 44.2 cm³/mol. The number of nitriles is 1. The summed E-state index contributed by atoms with van der Waals surface area (Å²) >= 11 is 0. The molecular formula is C8H5F2NO2S. The highest BCUT2D eigenvalue weighted by Crippen LogP contribution is 2.17. The summed E-state index contributed by atoms with van der Waals surface area (Å²) in [6.07, 6.45) is 0.848. The normalized spacial score (nSPS) is 11.0. The maximum Gasteiger partial charge on any atom is 0.176 e. The Hall–Kier alpha value is -1.48. The molecule has 0 spiro atoms. The monoisotopic (exact) mass is 217 g/mol. The number of benzene rings is 1. The molecule has 1 rings (SSSR count). The van der Waals surface area contributed by atoms with E-state index in [4.69, 9.17) is 5.26 Å². The maximum atomic E-state index is 12.8. The van der Waals surface area contributed by atoms with E-state index in [9.17, 15) is 17.2 Å². The number of rotatable bonds is 1. The van der Waals surface area contributed by atoms with Gasteiger partial charge in [-0.1, -0.05) is 0 Å². The fraction of sp³-hybridized carbons (Fsp3) is 0.125. The lowest BCUT2D eigenvalue weighted by Crippen LogP contribution is -2.01. The maximum absolute atomic E-state index is 12.8. The highest BCUT2D eigenvalue weighted by Gasteiger charge is 2.15. The van der Waals surface area contributed by atoms with E-state index in [1.165, 1.54) is 6.07 Å². The zero-order valence-electron chi connectivity index (χ0n) is 7.08. The second-order valence-electron chi connectivity index (χ2n) is 2.65. The van der Waals surface area contributed by atoms with Crippen molar-refractivity contribution in [3.05, 3.63) is 29.3 Å². The minimum atomic E-state index is -3.63. The second kappa shape index (κ2) is 3.35. The summed E-state index contributed by atoms with van der Waals surface area (Å²) < 4.78 is 47.5. The van der Waals surface area contributed by atoms with Crippen LogP contribution in [-0.2, 0) is 9.84 Å². The van der Waals surface area contributed by atoms with Crippen LogP contribution in [0, 0.1) is 23.0 Å². The van der Waals surface area contributed by atoms with Crippen LogP contribution in [0.25, 0.3) is 0 Å². The molecule has 1 aromatic carbocycles. The van der Waals surface area contributed by atoms with Crippen LogP contribution in [-0.4, -0.2) is 14.7 Å². The lowest BCUT2D eigenvalue weighted by molar-refractivity contribution is 0.502. The topological polar surface area (TPSA) is 57.9 Å². The summed E-state index contributed by atoms with van der Waals surface area (Å²) in [5, 5.41) is 8.38. The van der Waals surface area contributed by atoms with Gasteiger partial charge in [0.05, 0.1) is 10.5 Å². The van der Waals surface area contributed by atoms with Gasteiger partial charge < -0.3 is 0 Å². The zero-order valence-corrected chi connectivity index (χ0v) is 7.90. The summed E-state index contributed by atoms with van der Waals surface area (Å²) in [6.45, 7) is 0. The van der Waals surface area contributed by atoms with Crippen molar-refractivity contribution in [2.45, 2.75) is 4.90 Å². The predicted octanol–water partition coefficient (Wildman–Crippen LogP) is 1.24. The third kappa shape index (κ3) is 1.88. The summed E-state index contributed by atoms with van der Waals surface area (Å²) in [5.74, 6) is -2.68. The van der Waals surface area contributed by atoms with Gasteiger partial charge in [0.2, 0.25) is 0 Å². The van der Waals surface area contributed by atoms with Gasteiger partial charge in [0.25, 0.3) is 0 Å². The largest absolute Gasteiger partial charge is 0.224 e. The summed E-state index contributed by atoms with van der Waals surface area (Å²) in [6, 6.07) is 2.72. The molecule has 0 atom stereocenters. The minimum absolute atomic E-state index is 0.409. The van der Waals surface area contributed by atoms with Crippen LogP contribution < -0.4 is 0 Å². The van der Waals surface area contributed by atoms with Gasteiger partial charge in [0, 0.05) is 6.26 Å². The van der Waals surface area contributed by atoms with Gasteiger partial charge >= 0.3 is 0 Å². The van der Waals surface area contributed by atoms with Crippen molar-refractivity contribution in [3.8, 4) is 6.07 Å². The van der Waals surface area contributed by atoms with E-state index in [0.29, 0.717) is 6.07 Å². The first-order valence-corrected chi connectivity index (χ1v) is 5.34. The van der Waals surface area contributed by atoms with Crippen molar-refractivity contribution in [2.24, 2.45) is 0 Å². The van der Waals surface area contributed by atoms with E-state index >= 15 is 0 Å². The number of hydrogen-bond acceptors (Lipinski definition) is 3. The molecule has 0 N–H and O–H groups in total. The first-order chi connectivity index (χ1) is 6.36. The van der Waals surface area contributed by atoms with Crippen LogP contribution in [0.2, 0.25) is 0 Å². The molecule has 0 radical (unpaired) electrons. The minimum Gasteiger partial charge on any atom is -0.224 e. The lowest BCUT2D eigenvalue weighted by atomic mass is 10.2. The Balaban J connectivity index is 3.56. The summed E-state index contributed by atoms with van der Waals surface area (Å²) in [5.41, 5.74) is -0.620. The van der Waals surface area contributed by atoms with E-state index in [1.54, 1.807) is 0 Å². The SMILES string of the molecule is CS(=O)(=O)c1cc(F)c(F)c(C#N)c1. The van der Waals surface area contributed by atoms with Gasteiger partial charge in [-0.15, -0.1) is 0 Å². The van der Waals surface area contributed by atoms with Crippen molar-refractivity contribution in [1.82, 2.24) is 0 Å². The average Bonchev–Trinajstić information content (AvgIpc) is 2.07. The molecule has 0 saturated carbocycles. The van der Waals surface area contributed by atoms with Gasteiger partial charge in [-0.25, -0.2) is 17.2 Å². The molecule has 0 saturated heterocycles. The number of nitrogens with zero attached hydrogens (tertiary/aromatic N) is 1. The molecular weight excluding hydrogens is 212 g/mol. The van der Waals surface area contributed by atoms with Crippen molar-refractivity contribution in [1.29, 1.82) is 5.26 Å². The zero-order chi connectivity index (χ0) is 10.9. The van der Waals surface area contributed by atoms with Gasteiger partial charge in [-0.05, 0) is 12.1 Å². The van der Waals surface area contributed by atoms with E-state index in [0.717, 1.165) is 12.3 Å². The van der Waals surface area contributed by atoms with Gasteiger partial charge in [0.15, 0.2) is 21.5 Å². The average molecular weight is 217 g/mol. The molecule has 0 bridgehead atoms. The Kier molecular flexibility index (Phi) is 2.53. The van der Waals surface area contributed by atoms with Crippen LogP contribution in [0.15, 0.2) is 17.0 Å². The van der Waals surface area contributed by atoms with Gasteiger partial charge in [-0.3, -0.25) is 0 Å². The van der Waals surface area contributed by atoms with Crippen LogP contribution in [0.4, 0.5) is 8.78 Å². The fourth-order valence-electron chi connectivity index (χ4n) is 0.860. The van der Waals surface area contributed by atoms with E-state index in [1.807, 2.05) is 0 Å². The highest BCUT2D eigenvalue weighted by atomic mass is 32.2. The Morgan fingerprint density at radius 3 is 2.36 bits per heavy atom. The second-order valence-corrected chi connectivity index (χ2v) is 4.67. The molecule has 74 valence electrons. The lowest BCUT2D eigenvalue weighted by Gasteiger charge is -2.00. The van der Waals surface area contributed by atoms with Crippen LogP contribution in [0.5, 0.6) is 0 Å². The quantitative estimate of drug-likeness (QED) is 0.665. The molecule has 0 fully saturated rings. The summed E-state index contributed by atoms with van der Waals surface area (Å²) in [4.78, 5) is -0.409. The first kappa shape index (κ1) is 10.6. The molecule has 3 nitrogen and oxygen atoms in total. The van der Waals surface area contributed by atoms with Crippen LogP contribution in [0.1, 0.15) is 5.56 Å². The number of halogens is 2. The molecule has 1 aromatic rings. The molecule has 14 heavy (non-hydrogen) atoms. The van der Waals surface area contributed by atoms with Crippen molar-refractivity contribution in [3.63, 3.8) is 0 Å². The molecule has 0 heterocycles. The Morgan fingerprint density at radius 2 is 1.93 bits per heavy atom. The number of hydrogen-bond donors (Lipinski definition) is 0. The van der Waals surface area contributed by atoms with E-state index in [2.05, 4.69) is 0 Å². The standard InChI is InChI=1S/C8H5F2NO2S/c1-14(12,13)6-2-5(4-11)8(10)7(9)3-6/h2-3H,1H3. The molecule has 0 aliphatic carbocycles. The molecule has 0 aromatic heterocycles. The smallest absolute Gasteiger partial charge is 0.176 e. The molecule has 0 aliphatic rings. The van der Waals surface area contributed by atoms with E-state index in [-0.39, 0.29) is 0 Å². The van der Waals surface area contributed by atoms with Gasteiger partial charge in [0.1, 0.15) is 6.07 Å². The Morgan fingerprint density at radius 1 is 1.36 bits per heavy atom.